The third-order valence-corrected chi connectivity index (χ3v) is 4.16. The van der Waals surface area contributed by atoms with Crippen LogP contribution in [0.3, 0.4) is 0 Å². The molecule has 0 spiro atoms. The summed E-state index contributed by atoms with van der Waals surface area (Å²) < 4.78 is 0. The highest BCUT2D eigenvalue weighted by atomic mass is 16.3. The Balaban J connectivity index is 1.70. The van der Waals surface area contributed by atoms with Crippen LogP contribution < -0.4 is 5.69 Å². The first-order valence-corrected chi connectivity index (χ1v) is 8.56. The van der Waals surface area contributed by atoms with Gasteiger partial charge in [0.15, 0.2) is 0 Å². The zero-order valence-electron chi connectivity index (χ0n) is 14.3. The lowest BCUT2D eigenvalue weighted by molar-refractivity contribution is 0.182. The molecule has 0 aliphatic rings. The number of nitrogens with zero attached hydrogens (tertiary/aromatic N) is 1. The van der Waals surface area contributed by atoms with Crippen LogP contribution in [0.25, 0.3) is 28.1 Å². The van der Waals surface area contributed by atoms with Crippen molar-refractivity contribution in [2.45, 2.75) is 32.3 Å². The van der Waals surface area contributed by atoms with Crippen molar-refractivity contribution in [3.8, 4) is 11.1 Å². The van der Waals surface area contributed by atoms with E-state index in [0.717, 1.165) is 46.9 Å². The number of fused-ring (bicyclic) bond motifs is 1. The standard InChI is InChI=1S/C21H22N2O2/c1-15(24)5-3-2-4-6-16-7-9-17(10-8-16)18-11-12-20-19(13-18)14-22-21(25)23-20/h4,6-15,24H,2-3,5H2,1H3,(H,22,23,25). The smallest absolute Gasteiger partial charge is 0.345 e. The van der Waals surface area contributed by atoms with E-state index in [1.54, 1.807) is 6.20 Å². The van der Waals surface area contributed by atoms with Crippen molar-refractivity contribution in [1.82, 2.24) is 9.97 Å². The van der Waals surface area contributed by atoms with Crippen LogP contribution in [0.15, 0.2) is 59.5 Å². The first-order chi connectivity index (χ1) is 12.1. The molecule has 0 amide bonds. The van der Waals surface area contributed by atoms with Gasteiger partial charge in [0.05, 0.1) is 11.6 Å². The molecule has 0 fully saturated rings. The summed E-state index contributed by atoms with van der Waals surface area (Å²) in [5.41, 5.74) is 3.84. The molecule has 1 atom stereocenters. The second kappa shape index (κ2) is 7.90. The molecule has 0 aliphatic carbocycles. The largest absolute Gasteiger partial charge is 0.393 e. The van der Waals surface area contributed by atoms with Gasteiger partial charge in [-0.2, -0.15) is 0 Å². The number of hydrogen-bond acceptors (Lipinski definition) is 3. The third kappa shape index (κ3) is 4.64. The van der Waals surface area contributed by atoms with Gasteiger partial charge in [0.1, 0.15) is 0 Å². The van der Waals surface area contributed by atoms with Gasteiger partial charge in [0, 0.05) is 11.6 Å². The molecule has 0 saturated carbocycles. The average Bonchev–Trinajstić information content (AvgIpc) is 2.61. The SMILES string of the molecule is CC(O)CCCC=Cc1ccc(-c2ccc3[nH]c(=O)ncc3c2)cc1. The summed E-state index contributed by atoms with van der Waals surface area (Å²) in [5, 5.41) is 10.2. The molecule has 4 nitrogen and oxygen atoms in total. The van der Waals surface area contributed by atoms with E-state index in [1.165, 1.54) is 0 Å². The number of H-pyrrole nitrogens is 1. The number of benzene rings is 2. The van der Waals surface area contributed by atoms with Crippen molar-refractivity contribution in [2.75, 3.05) is 0 Å². The minimum atomic E-state index is -0.329. The van der Waals surface area contributed by atoms with Crippen molar-refractivity contribution < 1.29 is 5.11 Å². The maximum absolute atomic E-state index is 11.3. The Bertz CT molecular complexity index is 925. The van der Waals surface area contributed by atoms with Gasteiger partial charge >= 0.3 is 5.69 Å². The number of unbranched alkanes of at least 4 members (excludes halogenated alkanes) is 1. The molecule has 25 heavy (non-hydrogen) atoms. The number of aromatic nitrogens is 2. The molecule has 0 bridgehead atoms. The zero-order chi connectivity index (χ0) is 17.6. The van der Waals surface area contributed by atoms with Gasteiger partial charge < -0.3 is 10.1 Å². The molecular weight excluding hydrogens is 312 g/mol. The Labute approximate surface area is 146 Å². The maximum Gasteiger partial charge on any atom is 0.345 e. The molecule has 2 aromatic carbocycles. The summed E-state index contributed by atoms with van der Waals surface area (Å²) in [7, 11) is 0. The summed E-state index contributed by atoms with van der Waals surface area (Å²) in [6.45, 7) is 1.82. The highest BCUT2D eigenvalue weighted by Crippen LogP contribution is 2.23. The summed E-state index contributed by atoms with van der Waals surface area (Å²) in [4.78, 5) is 17.8. The Morgan fingerprint density at radius 2 is 1.92 bits per heavy atom. The minimum absolute atomic E-state index is 0.220. The number of nitrogens with one attached hydrogen (secondary N) is 1. The van der Waals surface area contributed by atoms with Crippen molar-refractivity contribution in [2.24, 2.45) is 0 Å². The molecule has 3 rings (SSSR count). The molecule has 0 aliphatic heterocycles. The Hall–Kier alpha value is -2.72. The quantitative estimate of drug-likeness (QED) is 0.665. The number of hydrogen-bond donors (Lipinski definition) is 2. The van der Waals surface area contributed by atoms with Gasteiger partial charge in [-0.05, 0) is 55.0 Å². The molecule has 0 saturated heterocycles. The number of aliphatic hydroxyl groups is 1. The molecule has 0 radical (unpaired) electrons. The molecule has 4 heteroatoms. The van der Waals surface area contributed by atoms with Crippen molar-refractivity contribution in [3.05, 3.63) is 70.8 Å². The van der Waals surface area contributed by atoms with E-state index in [0.29, 0.717) is 0 Å². The van der Waals surface area contributed by atoms with Gasteiger partial charge in [-0.3, -0.25) is 0 Å². The summed E-state index contributed by atoms with van der Waals surface area (Å²) >= 11 is 0. The Morgan fingerprint density at radius 3 is 2.68 bits per heavy atom. The van der Waals surface area contributed by atoms with E-state index < -0.39 is 0 Å². The zero-order valence-corrected chi connectivity index (χ0v) is 14.3. The van der Waals surface area contributed by atoms with Crippen LogP contribution in [0.5, 0.6) is 0 Å². The van der Waals surface area contributed by atoms with E-state index in [1.807, 2.05) is 25.1 Å². The van der Waals surface area contributed by atoms with Crippen LogP contribution >= 0.6 is 0 Å². The second-order valence-corrected chi connectivity index (χ2v) is 6.29. The van der Waals surface area contributed by atoms with Gasteiger partial charge in [0.2, 0.25) is 0 Å². The molecule has 2 N–H and O–H groups in total. The predicted molar refractivity (Wildman–Crippen MR) is 102 cm³/mol. The minimum Gasteiger partial charge on any atom is -0.393 e. The predicted octanol–water partition coefficient (Wildman–Crippen LogP) is 4.15. The molecule has 3 aromatic rings. The molecular formula is C21H22N2O2. The average molecular weight is 334 g/mol. The number of aromatic amines is 1. The number of aliphatic hydroxyl groups excluding tert-OH is 1. The summed E-state index contributed by atoms with van der Waals surface area (Å²) in [5.74, 6) is 0. The normalized spacial score (nSPS) is 12.7. The van der Waals surface area contributed by atoms with Crippen LogP contribution in [-0.4, -0.2) is 21.2 Å². The third-order valence-electron chi connectivity index (χ3n) is 4.16. The van der Waals surface area contributed by atoms with Crippen LogP contribution in [0.1, 0.15) is 31.7 Å². The summed E-state index contributed by atoms with van der Waals surface area (Å²) in [6.07, 6.45) is 8.45. The fourth-order valence-electron chi connectivity index (χ4n) is 2.78. The monoisotopic (exact) mass is 334 g/mol. The first kappa shape index (κ1) is 17.1. The Morgan fingerprint density at radius 1 is 1.16 bits per heavy atom. The molecule has 128 valence electrons. The fourth-order valence-corrected chi connectivity index (χ4v) is 2.78. The van der Waals surface area contributed by atoms with Gasteiger partial charge in [-0.25, -0.2) is 9.78 Å². The number of rotatable bonds is 6. The van der Waals surface area contributed by atoms with E-state index in [-0.39, 0.29) is 11.8 Å². The second-order valence-electron chi connectivity index (χ2n) is 6.29. The highest BCUT2D eigenvalue weighted by Gasteiger charge is 2.01. The van der Waals surface area contributed by atoms with Crippen LogP contribution in [0, 0.1) is 0 Å². The van der Waals surface area contributed by atoms with Crippen molar-refractivity contribution >= 4 is 17.0 Å². The summed E-state index contributed by atoms with van der Waals surface area (Å²) in [6, 6.07) is 14.3. The molecule has 1 aromatic heterocycles. The maximum atomic E-state index is 11.3. The van der Waals surface area contributed by atoms with Gasteiger partial charge in [-0.1, -0.05) is 42.5 Å². The van der Waals surface area contributed by atoms with Crippen LogP contribution in [0.2, 0.25) is 0 Å². The highest BCUT2D eigenvalue weighted by molar-refractivity contribution is 5.83. The lowest BCUT2D eigenvalue weighted by atomic mass is 10.0. The first-order valence-electron chi connectivity index (χ1n) is 8.56. The van der Waals surface area contributed by atoms with Crippen LogP contribution in [0.4, 0.5) is 0 Å². The van der Waals surface area contributed by atoms with E-state index in [2.05, 4.69) is 46.4 Å². The fraction of sp³-hybridized carbons (Fsp3) is 0.238. The van der Waals surface area contributed by atoms with Crippen molar-refractivity contribution in [1.29, 1.82) is 0 Å². The van der Waals surface area contributed by atoms with E-state index >= 15 is 0 Å². The molecule has 1 unspecified atom stereocenters. The van der Waals surface area contributed by atoms with Gasteiger partial charge in [0.25, 0.3) is 0 Å². The molecule has 1 heterocycles. The topological polar surface area (TPSA) is 66.0 Å². The lowest BCUT2D eigenvalue weighted by Gasteiger charge is -2.04. The van der Waals surface area contributed by atoms with Crippen LogP contribution in [-0.2, 0) is 0 Å². The number of allylic oxidation sites excluding steroid dienone is 1. The lowest BCUT2D eigenvalue weighted by Crippen LogP contribution is -2.08. The Kier molecular flexibility index (Phi) is 5.41. The van der Waals surface area contributed by atoms with E-state index in [4.69, 9.17) is 0 Å². The van der Waals surface area contributed by atoms with Gasteiger partial charge in [-0.15, -0.1) is 0 Å². The van der Waals surface area contributed by atoms with E-state index in [9.17, 15) is 9.90 Å². The van der Waals surface area contributed by atoms with Crippen molar-refractivity contribution in [3.63, 3.8) is 0 Å².